The molecule has 0 nitrogen and oxygen atoms in total. The van der Waals surface area contributed by atoms with Gasteiger partial charge in [-0.1, -0.05) is 28.4 Å². The van der Waals surface area contributed by atoms with Gasteiger partial charge in [0.05, 0.1) is 0 Å². The fourth-order valence-corrected chi connectivity index (χ4v) is 2.01. The molecule has 0 aromatic rings. The fraction of sp³-hybridized carbons (Fsp3) is 0.714. The lowest BCUT2D eigenvalue weighted by atomic mass is 10.1. The Morgan fingerprint density at radius 2 is 2.25 bits per heavy atom. The Labute approximate surface area is 59.1 Å². The zero-order valence-corrected chi connectivity index (χ0v) is 6.52. The van der Waals surface area contributed by atoms with Crippen LogP contribution in [-0.2, 0) is 0 Å². The standard InChI is InChI=1S/C7H11Br/c1-2-6-4-3-5-7(6)8/h2,6-7H,1,3-5H2. The van der Waals surface area contributed by atoms with Gasteiger partial charge in [-0.2, -0.15) is 0 Å². The Balaban J connectivity index is 2.41. The highest BCUT2D eigenvalue weighted by Crippen LogP contribution is 2.31. The Morgan fingerprint density at radius 1 is 1.50 bits per heavy atom. The number of halogens is 1. The fourth-order valence-electron chi connectivity index (χ4n) is 1.21. The van der Waals surface area contributed by atoms with E-state index in [-0.39, 0.29) is 0 Å². The maximum Gasteiger partial charge on any atom is 0.0208 e. The minimum absolute atomic E-state index is 0.722. The Bertz CT molecular complexity index is 88.4. The van der Waals surface area contributed by atoms with Crippen LogP contribution in [0.25, 0.3) is 0 Å². The number of hydrogen-bond acceptors (Lipinski definition) is 0. The van der Waals surface area contributed by atoms with Crippen molar-refractivity contribution in [3.63, 3.8) is 0 Å². The third-order valence-corrected chi connectivity index (χ3v) is 2.92. The van der Waals surface area contributed by atoms with Crippen molar-refractivity contribution in [3.8, 4) is 0 Å². The molecule has 1 rings (SSSR count). The zero-order chi connectivity index (χ0) is 5.98. The molecule has 1 heteroatoms. The molecule has 1 aliphatic rings. The SMILES string of the molecule is C=CC1CCCC1Br. The van der Waals surface area contributed by atoms with Crippen LogP contribution in [0.15, 0.2) is 12.7 Å². The second kappa shape index (κ2) is 2.67. The van der Waals surface area contributed by atoms with Gasteiger partial charge >= 0.3 is 0 Å². The van der Waals surface area contributed by atoms with Crippen molar-refractivity contribution in [2.75, 3.05) is 0 Å². The van der Waals surface area contributed by atoms with E-state index >= 15 is 0 Å². The van der Waals surface area contributed by atoms with Crippen LogP contribution in [0.2, 0.25) is 0 Å². The van der Waals surface area contributed by atoms with E-state index < -0.39 is 0 Å². The highest BCUT2D eigenvalue weighted by atomic mass is 79.9. The van der Waals surface area contributed by atoms with Crippen LogP contribution in [-0.4, -0.2) is 4.83 Å². The molecule has 0 saturated heterocycles. The first-order valence-electron chi connectivity index (χ1n) is 3.11. The van der Waals surface area contributed by atoms with E-state index in [2.05, 4.69) is 28.6 Å². The molecule has 0 N–H and O–H groups in total. The molecule has 0 aromatic heterocycles. The Morgan fingerprint density at radius 3 is 2.50 bits per heavy atom. The quantitative estimate of drug-likeness (QED) is 0.424. The summed E-state index contributed by atoms with van der Waals surface area (Å²) in [4.78, 5) is 0.722. The summed E-state index contributed by atoms with van der Waals surface area (Å²) in [5, 5.41) is 0. The average Bonchev–Trinajstić information content (AvgIpc) is 2.14. The summed E-state index contributed by atoms with van der Waals surface area (Å²) in [7, 11) is 0. The van der Waals surface area contributed by atoms with E-state index in [0.29, 0.717) is 0 Å². The summed E-state index contributed by atoms with van der Waals surface area (Å²) in [6, 6.07) is 0. The summed E-state index contributed by atoms with van der Waals surface area (Å²) in [6.07, 6.45) is 6.09. The van der Waals surface area contributed by atoms with Gasteiger partial charge in [-0.25, -0.2) is 0 Å². The Hall–Kier alpha value is 0.220. The van der Waals surface area contributed by atoms with Gasteiger partial charge in [-0.15, -0.1) is 6.58 Å². The van der Waals surface area contributed by atoms with Crippen LogP contribution in [0.1, 0.15) is 19.3 Å². The van der Waals surface area contributed by atoms with Gasteiger partial charge in [-0.05, 0) is 18.8 Å². The highest BCUT2D eigenvalue weighted by molar-refractivity contribution is 9.09. The van der Waals surface area contributed by atoms with Crippen molar-refractivity contribution >= 4 is 15.9 Å². The molecule has 0 amide bonds. The zero-order valence-electron chi connectivity index (χ0n) is 4.94. The normalized spacial score (nSPS) is 37.6. The maximum absolute atomic E-state index is 3.76. The monoisotopic (exact) mass is 174 g/mol. The first kappa shape index (κ1) is 6.34. The van der Waals surface area contributed by atoms with Crippen molar-refractivity contribution < 1.29 is 0 Å². The summed E-state index contributed by atoms with van der Waals surface area (Å²) in [5.41, 5.74) is 0. The second-order valence-electron chi connectivity index (χ2n) is 2.35. The lowest BCUT2D eigenvalue weighted by Crippen LogP contribution is -2.00. The highest BCUT2D eigenvalue weighted by Gasteiger charge is 2.21. The summed E-state index contributed by atoms with van der Waals surface area (Å²) in [6.45, 7) is 3.76. The first-order valence-corrected chi connectivity index (χ1v) is 4.03. The summed E-state index contributed by atoms with van der Waals surface area (Å²) >= 11 is 3.59. The van der Waals surface area contributed by atoms with Gasteiger partial charge in [-0.3, -0.25) is 0 Å². The van der Waals surface area contributed by atoms with E-state index in [0.717, 1.165) is 10.7 Å². The molecule has 1 aliphatic carbocycles. The van der Waals surface area contributed by atoms with Gasteiger partial charge < -0.3 is 0 Å². The Kier molecular flexibility index (Phi) is 2.12. The van der Waals surface area contributed by atoms with E-state index in [1.807, 2.05) is 0 Å². The molecule has 46 valence electrons. The van der Waals surface area contributed by atoms with Crippen LogP contribution in [0.4, 0.5) is 0 Å². The smallest absolute Gasteiger partial charge is 0.0208 e. The van der Waals surface area contributed by atoms with Crippen LogP contribution >= 0.6 is 15.9 Å². The van der Waals surface area contributed by atoms with Crippen molar-refractivity contribution in [1.82, 2.24) is 0 Å². The minimum Gasteiger partial charge on any atom is -0.103 e. The van der Waals surface area contributed by atoms with E-state index in [1.54, 1.807) is 0 Å². The lowest BCUT2D eigenvalue weighted by molar-refractivity contribution is 0.708. The van der Waals surface area contributed by atoms with Gasteiger partial charge in [0.1, 0.15) is 0 Å². The molecule has 0 bridgehead atoms. The molecule has 1 fully saturated rings. The molecule has 0 heterocycles. The molecular weight excluding hydrogens is 164 g/mol. The van der Waals surface area contributed by atoms with Gasteiger partial charge in [0, 0.05) is 4.83 Å². The van der Waals surface area contributed by atoms with Crippen molar-refractivity contribution in [2.45, 2.75) is 24.1 Å². The molecule has 2 atom stereocenters. The third-order valence-electron chi connectivity index (χ3n) is 1.78. The van der Waals surface area contributed by atoms with Gasteiger partial charge in [0.15, 0.2) is 0 Å². The number of allylic oxidation sites excluding steroid dienone is 1. The molecule has 0 spiro atoms. The summed E-state index contributed by atoms with van der Waals surface area (Å²) in [5.74, 6) is 0.745. The van der Waals surface area contributed by atoms with E-state index in [1.165, 1.54) is 19.3 Å². The average molecular weight is 175 g/mol. The first-order chi connectivity index (χ1) is 3.84. The second-order valence-corrected chi connectivity index (χ2v) is 3.52. The number of hydrogen-bond donors (Lipinski definition) is 0. The summed E-state index contributed by atoms with van der Waals surface area (Å²) < 4.78 is 0. The number of rotatable bonds is 1. The molecule has 8 heavy (non-hydrogen) atoms. The topological polar surface area (TPSA) is 0 Å². The number of alkyl halides is 1. The van der Waals surface area contributed by atoms with Crippen molar-refractivity contribution in [2.24, 2.45) is 5.92 Å². The van der Waals surface area contributed by atoms with Gasteiger partial charge in [0.2, 0.25) is 0 Å². The predicted molar refractivity (Wildman–Crippen MR) is 40.3 cm³/mol. The van der Waals surface area contributed by atoms with Crippen LogP contribution in [0.5, 0.6) is 0 Å². The van der Waals surface area contributed by atoms with Crippen molar-refractivity contribution in [1.29, 1.82) is 0 Å². The van der Waals surface area contributed by atoms with Crippen LogP contribution in [0.3, 0.4) is 0 Å². The van der Waals surface area contributed by atoms with Crippen LogP contribution in [0, 0.1) is 5.92 Å². The molecule has 0 radical (unpaired) electrons. The van der Waals surface area contributed by atoms with E-state index in [9.17, 15) is 0 Å². The molecule has 1 saturated carbocycles. The maximum atomic E-state index is 3.76. The molecular formula is C7H11Br. The predicted octanol–water partition coefficient (Wildman–Crippen LogP) is 2.74. The molecule has 2 unspecified atom stereocenters. The van der Waals surface area contributed by atoms with Gasteiger partial charge in [0.25, 0.3) is 0 Å². The van der Waals surface area contributed by atoms with Crippen LogP contribution < -0.4 is 0 Å². The lowest BCUT2D eigenvalue weighted by Gasteiger charge is -2.04. The largest absolute Gasteiger partial charge is 0.103 e. The molecule has 0 aliphatic heterocycles. The van der Waals surface area contributed by atoms with E-state index in [4.69, 9.17) is 0 Å². The minimum atomic E-state index is 0.722. The van der Waals surface area contributed by atoms with Crippen molar-refractivity contribution in [3.05, 3.63) is 12.7 Å². The molecule has 0 aromatic carbocycles. The third kappa shape index (κ3) is 1.13.